The van der Waals surface area contributed by atoms with E-state index in [9.17, 15) is 13.6 Å². The molecule has 0 saturated carbocycles. The Morgan fingerprint density at radius 3 is 3.00 bits per heavy atom. The second-order valence-electron chi connectivity index (χ2n) is 6.12. The topological polar surface area (TPSA) is 51.0 Å². The van der Waals surface area contributed by atoms with Crippen LogP contribution in [-0.2, 0) is 13.0 Å². The number of hydrogen-bond donors (Lipinski definition) is 0. The lowest BCUT2D eigenvalue weighted by molar-refractivity contribution is 0.0666. The van der Waals surface area contributed by atoms with Gasteiger partial charge in [-0.1, -0.05) is 0 Å². The van der Waals surface area contributed by atoms with Crippen LogP contribution >= 0.6 is 0 Å². The highest BCUT2D eigenvalue weighted by molar-refractivity contribution is 5.94. The maximum absolute atomic E-state index is 13.8. The van der Waals surface area contributed by atoms with Gasteiger partial charge in [-0.05, 0) is 43.9 Å². The fourth-order valence-corrected chi connectivity index (χ4v) is 3.21. The molecule has 0 bridgehead atoms. The Bertz CT molecular complexity index is 731. The van der Waals surface area contributed by atoms with Crippen LogP contribution in [0.5, 0.6) is 0 Å². The van der Waals surface area contributed by atoms with E-state index in [0.29, 0.717) is 13.1 Å². The van der Waals surface area contributed by atoms with E-state index in [1.165, 1.54) is 0 Å². The summed E-state index contributed by atoms with van der Waals surface area (Å²) in [6.45, 7) is 3.90. The van der Waals surface area contributed by atoms with E-state index in [4.69, 9.17) is 0 Å². The first-order valence-corrected chi connectivity index (χ1v) is 8.19. The first-order valence-electron chi connectivity index (χ1n) is 8.19. The number of carbonyl (C=O) groups is 1. The molecule has 5 nitrogen and oxygen atoms in total. The Balaban J connectivity index is 1.71. The second kappa shape index (κ2) is 7.07. The molecule has 2 heterocycles. The molecule has 1 amide bonds. The highest BCUT2D eigenvalue weighted by Gasteiger charge is 2.27. The van der Waals surface area contributed by atoms with Crippen molar-refractivity contribution in [1.29, 1.82) is 0 Å². The Kier molecular flexibility index (Phi) is 4.87. The third-order valence-corrected chi connectivity index (χ3v) is 4.47. The zero-order valence-electron chi connectivity index (χ0n) is 13.6. The van der Waals surface area contributed by atoms with E-state index in [-0.39, 0.29) is 11.5 Å². The average molecular weight is 334 g/mol. The van der Waals surface area contributed by atoms with Gasteiger partial charge in [0.05, 0.1) is 5.56 Å². The van der Waals surface area contributed by atoms with Gasteiger partial charge < -0.3 is 9.47 Å². The summed E-state index contributed by atoms with van der Waals surface area (Å²) < 4.78 is 29.2. The van der Waals surface area contributed by atoms with E-state index in [0.717, 1.165) is 49.8 Å². The Labute approximate surface area is 139 Å². The summed E-state index contributed by atoms with van der Waals surface area (Å²) in [4.78, 5) is 14.1. The third-order valence-electron chi connectivity index (χ3n) is 4.47. The molecule has 7 heteroatoms. The van der Waals surface area contributed by atoms with Gasteiger partial charge in [-0.3, -0.25) is 4.79 Å². The van der Waals surface area contributed by atoms with E-state index >= 15 is 0 Å². The van der Waals surface area contributed by atoms with Crippen LogP contribution in [0.4, 0.5) is 8.78 Å². The molecule has 0 N–H and O–H groups in total. The molecule has 3 rings (SSSR count). The minimum atomic E-state index is -0.686. The standard InChI is InChI=1S/C17H20F2N4O/c1-2-22-11-20-21-16(22)8-12-4-3-7-23(10-12)17(24)14-9-13(18)5-6-15(14)19/h5-6,9,11-12H,2-4,7-8,10H2,1H3. The van der Waals surface area contributed by atoms with Gasteiger partial charge in [0.1, 0.15) is 23.8 Å². The summed E-state index contributed by atoms with van der Waals surface area (Å²) in [5, 5.41) is 8.06. The molecule has 1 saturated heterocycles. The molecule has 1 aromatic carbocycles. The molecule has 1 aliphatic rings. The molecule has 24 heavy (non-hydrogen) atoms. The summed E-state index contributed by atoms with van der Waals surface area (Å²) >= 11 is 0. The molecule has 0 radical (unpaired) electrons. The first kappa shape index (κ1) is 16.5. The van der Waals surface area contributed by atoms with Gasteiger partial charge in [-0.15, -0.1) is 10.2 Å². The highest BCUT2D eigenvalue weighted by atomic mass is 19.1. The molecule has 0 spiro atoms. The summed E-state index contributed by atoms with van der Waals surface area (Å²) in [6, 6.07) is 2.98. The van der Waals surface area contributed by atoms with Crippen LogP contribution in [0.1, 0.15) is 35.9 Å². The van der Waals surface area contributed by atoms with Crippen LogP contribution in [0.2, 0.25) is 0 Å². The van der Waals surface area contributed by atoms with Crippen molar-refractivity contribution in [3.05, 3.63) is 47.5 Å². The minimum absolute atomic E-state index is 0.202. The number of amides is 1. The molecule has 1 aliphatic heterocycles. The zero-order chi connectivity index (χ0) is 17.1. The molecule has 0 aliphatic carbocycles. The number of nitrogens with zero attached hydrogens (tertiary/aromatic N) is 4. The van der Waals surface area contributed by atoms with Crippen molar-refractivity contribution in [2.45, 2.75) is 32.7 Å². The van der Waals surface area contributed by atoms with Crippen LogP contribution in [0.25, 0.3) is 0 Å². The van der Waals surface area contributed by atoms with Crippen LogP contribution in [-0.4, -0.2) is 38.7 Å². The first-order chi connectivity index (χ1) is 11.6. The van der Waals surface area contributed by atoms with E-state index in [2.05, 4.69) is 10.2 Å². The predicted molar refractivity (Wildman–Crippen MR) is 84.4 cm³/mol. The number of aryl methyl sites for hydroxylation is 1. The summed E-state index contributed by atoms with van der Waals surface area (Å²) in [7, 11) is 0. The number of benzene rings is 1. The summed E-state index contributed by atoms with van der Waals surface area (Å²) in [5.74, 6) is -0.602. The van der Waals surface area contributed by atoms with Crippen molar-refractivity contribution in [3.63, 3.8) is 0 Å². The smallest absolute Gasteiger partial charge is 0.256 e. The fourth-order valence-electron chi connectivity index (χ4n) is 3.21. The number of hydrogen-bond acceptors (Lipinski definition) is 3. The molecule has 1 unspecified atom stereocenters. The van der Waals surface area contributed by atoms with E-state index in [1.807, 2.05) is 11.5 Å². The van der Waals surface area contributed by atoms with Gasteiger partial charge in [0.2, 0.25) is 0 Å². The van der Waals surface area contributed by atoms with Gasteiger partial charge in [0, 0.05) is 26.1 Å². The average Bonchev–Trinajstić information content (AvgIpc) is 3.04. The number of likely N-dealkylation sites (tertiary alicyclic amines) is 1. The maximum Gasteiger partial charge on any atom is 0.256 e. The van der Waals surface area contributed by atoms with Crippen molar-refractivity contribution in [2.75, 3.05) is 13.1 Å². The molecule has 1 atom stereocenters. The van der Waals surface area contributed by atoms with Crippen molar-refractivity contribution < 1.29 is 13.6 Å². The van der Waals surface area contributed by atoms with Gasteiger partial charge in [0.25, 0.3) is 5.91 Å². The number of aromatic nitrogens is 3. The van der Waals surface area contributed by atoms with Crippen molar-refractivity contribution in [3.8, 4) is 0 Å². The molecule has 128 valence electrons. The van der Waals surface area contributed by atoms with E-state index in [1.54, 1.807) is 11.2 Å². The zero-order valence-corrected chi connectivity index (χ0v) is 13.6. The van der Waals surface area contributed by atoms with Gasteiger partial charge in [0.15, 0.2) is 0 Å². The lowest BCUT2D eigenvalue weighted by Crippen LogP contribution is -2.41. The summed E-state index contributed by atoms with van der Waals surface area (Å²) in [6.07, 6.45) is 4.24. The van der Waals surface area contributed by atoms with Gasteiger partial charge >= 0.3 is 0 Å². The fraction of sp³-hybridized carbons (Fsp3) is 0.471. The molecular weight excluding hydrogens is 314 g/mol. The number of carbonyl (C=O) groups excluding carboxylic acids is 1. The molecule has 2 aromatic rings. The molecular formula is C17H20F2N4O. The number of piperidine rings is 1. The largest absolute Gasteiger partial charge is 0.338 e. The Hall–Kier alpha value is -2.31. The third kappa shape index (κ3) is 3.44. The maximum atomic E-state index is 13.8. The van der Waals surface area contributed by atoms with Crippen LogP contribution in [0, 0.1) is 17.6 Å². The summed E-state index contributed by atoms with van der Waals surface area (Å²) in [5.41, 5.74) is -0.202. The predicted octanol–water partition coefficient (Wildman–Crippen LogP) is 2.67. The SMILES string of the molecule is CCn1cnnc1CC1CCCN(C(=O)c2cc(F)ccc2F)C1. The Morgan fingerprint density at radius 1 is 1.38 bits per heavy atom. The van der Waals surface area contributed by atoms with Crippen LogP contribution in [0.3, 0.4) is 0 Å². The molecule has 1 aromatic heterocycles. The number of rotatable bonds is 4. The van der Waals surface area contributed by atoms with Crippen molar-refractivity contribution in [1.82, 2.24) is 19.7 Å². The van der Waals surface area contributed by atoms with Crippen LogP contribution in [0.15, 0.2) is 24.5 Å². The van der Waals surface area contributed by atoms with Crippen molar-refractivity contribution >= 4 is 5.91 Å². The van der Waals surface area contributed by atoms with Crippen LogP contribution < -0.4 is 0 Å². The lowest BCUT2D eigenvalue weighted by Gasteiger charge is -2.32. The number of halogens is 2. The minimum Gasteiger partial charge on any atom is -0.338 e. The Morgan fingerprint density at radius 2 is 2.21 bits per heavy atom. The molecule has 1 fully saturated rings. The van der Waals surface area contributed by atoms with Gasteiger partial charge in [-0.25, -0.2) is 8.78 Å². The highest BCUT2D eigenvalue weighted by Crippen LogP contribution is 2.22. The van der Waals surface area contributed by atoms with Crippen molar-refractivity contribution in [2.24, 2.45) is 5.92 Å². The van der Waals surface area contributed by atoms with E-state index < -0.39 is 17.5 Å². The monoisotopic (exact) mass is 334 g/mol. The van der Waals surface area contributed by atoms with Gasteiger partial charge in [-0.2, -0.15) is 0 Å². The quantitative estimate of drug-likeness (QED) is 0.864. The second-order valence-corrected chi connectivity index (χ2v) is 6.12. The normalized spacial score (nSPS) is 18.0. The lowest BCUT2D eigenvalue weighted by atomic mass is 9.94.